The zero-order chi connectivity index (χ0) is 19.4. The van der Waals surface area contributed by atoms with E-state index in [1.807, 2.05) is 31.2 Å². The Balaban J connectivity index is 1.53. The Kier molecular flexibility index (Phi) is 5.76. The molecule has 0 saturated carbocycles. The molecular formula is C19H23N3O4S. The molecule has 0 bridgehead atoms. The van der Waals surface area contributed by atoms with E-state index in [4.69, 9.17) is 4.74 Å². The number of benzene rings is 1. The van der Waals surface area contributed by atoms with Gasteiger partial charge in [0, 0.05) is 25.1 Å². The van der Waals surface area contributed by atoms with Crippen molar-refractivity contribution in [3.8, 4) is 11.6 Å². The lowest BCUT2D eigenvalue weighted by Crippen LogP contribution is -2.40. The van der Waals surface area contributed by atoms with Gasteiger partial charge in [0.25, 0.3) is 0 Å². The molecule has 0 unspecified atom stereocenters. The van der Waals surface area contributed by atoms with Crippen LogP contribution in [-0.4, -0.2) is 43.0 Å². The highest BCUT2D eigenvalue weighted by Crippen LogP contribution is 2.23. The molecule has 1 aliphatic rings. The van der Waals surface area contributed by atoms with E-state index in [2.05, 4.69) is 10.3 Å². The lowest BCUT2D eigenvalue weighted by atomic mass is 9.97. The Bertz CT molecular complexity index is 888. The van der Waals surface area contributed by atoms with Crippen molar-refractivity contribution < 1.29 is 17.9 Å². The molecule has 144 valence electrons. The minimum atomic E-state index is -3.19. The van der Waals surface area contributed by atoms with Crippen molar-refractivity contribution in [3.63, 3.8) is 0 Å². The number of nitrogens with one attached hydrogen (secondary N) is 1. The van der Waals surface area contributed by atoms with Crippen molar-refractivity contribution in [2.75, 3.05) is 24.7 Å². The number of aromatic nitrogens is 1. The molecule has 3 rings (SSSR count). The topological polar surface area (TPSA) is 88.6 Å². The van der Waals surface area contributed by atoms with Crippen molar-refractivity contribution >= 4 is 21.6 Å². The molecule has 0 aliphatic carbocycles. The third-order valence-electron chi connectivity index (χ3n) is 4.54. The van der Waals surface area contributed by atoms with Crippen LogP contribution in [0.15, 0.2) is 42.6 Å². The smallest absolute Gasteiger partial charge is 0.227 e. The SMILES string of the molecule is Cc1ccc(Oc2ccc(NC(=O)C3CCN(S(C)(=O)=O)CC3)cn2)cc1. The molecule has 1 aromatic carbocycles. The van der Waals surface area contributed by atoms with Gasteiger partial charge in [-0.15, -0.1) is 0 Å². The largest absolute Gasteiger partial charge is 0.439 e. The van der Waals surface area contributed by atoms with E-state index in [0.717, 1.165) is 5.56 Å². The van der Waals surface area contributed by atoms with Crippen molar-refractivity contribution in [1.29, 1.82) is 0 Å². The summed E-state index contributed by atoms with van der Waals surface area (Å²) in [6, 6.07) is 11.1. The van der Waals surface area contributed by atoms with Gasteiger partial charge in [-0.3, -0.25) is 4.79 Å². The monoisotopic (exact) mass is 389 g/mol. The van der Waals surface area contributed by atoms with E-state index in [1.54, 1.807) is 18.3 Å². The first kappa shape index (κ1) is 19.3. The standard InChI is InChI=1S/C19H23N3O4S/c1-14-3-6-17(7-4-14)26-18-8-5-16(13-20-18)21-19(23)15-9-11-22(12-10-15)27(2,24)25/h3-8,13,15H,9-12H2,1-2H3,(H,21,23). The summed E-state index contributed by atoms with van der Waals surface area (Å²) in [5.74, 6) is 0.824. The van der Waals surface area contributed by atoms with Crippen LogP contribution in [0.3, 0.4) is 0 Å². The number of carbonyl (C=O) groups excluding carboxylic acids is 1. The fourth-order valence-corrected chi connectivity index (χ4v) is 3.81. The molecule has 0 atom stereocenters. The lowest BCUT2D eigenvalue weighted by molar-refractivity contribution is -0.120. The number of sulfonamides is 1. The van der Waals surface area contributed by atoms with Crippen LogP contribution >= 0.6 is 0 Å². The van der Waals surface area contributed by atoms with Gasteiger partial charge in [0.2, 0.25) is 21.8 Å². The maximum atomic E-state index is 12.4. The van der Waals surface area contributed by atoms with Crippen LogP contribution in [0, 0.1) is 12.8 Å². The van der Waals surface area contributed by atoms with Crippen LogP contribution < -0.4 is 10.1 Å². The molecule has 0 radical (unpaired) electrons. The van der Waals surface area contributed by atoms with E-state index < -0.39 is 10.0 Å². The first-order valence-corrected chi connectivity index (χ1v) is 10.6. The van der Waals surface area contributed by atoms with E-state index in [1.165, 1.54) is 10.6 Å². The number of rotatable bonds is 5. The summed E-state index contributed by atoms with van der Waals surface area (Å²) in [6.07, 6.45) is 3.77. The number of piperidine rings is 1. The summed E-state index contributed by atoms with van der Waals surface area (Å²) in [5, 5.41) is 2.84. The van der Waals surface area contributed by atoms with Gasteiger partial charge >= 0.3 is 0 Å². The number of hydrogen-bond donors (Lipinski definition) is 1. The van der Waals surface area contributed by atoms with Crippen molar-refractivity contribution in [2.45, 2.75) is 19.8 Å². The van der Waals surface area contributed by atoms with Gasteiger partial charge < -0.3 is 10.1 Å². The normalized spacial score (nSPS) is 16.1. The number of pyridine rings is 1. The van der Waals surface area contributed by atoms with Gasteiger partial charge in [-0.05, 0) is 38.0 Å². The number of aryl methyl sites for hydroxylation is 1. The molecule has 27 heavy (non-hydrogen) atoms. The molecule has 8 heteroatoms. The molecule has 1 aliphatic heterocycles. The third-order valence-corrected chi connectivity index (χ3v) is 5.84. The molecule has 7 nitrogen and oxygen atoms in total. The summed E-state index contributed by atoms with van der Waals surface area (Å²) < 4.78 is 30.2. The van der Waals surface area contributed by atoms with Crippen LogP contribution in [0.25, 0.3) is 0 Å². The van der Waals surface area contributed by atoms with E-state index in [9.17, 15) is 13.2 Å². The summed E-state index contributed by atoms with van der Waals surface area (Å²) in [4.78, 5) is 16.6. The highest BCUT2D eigenvalue weighted by Gasteiger charge is 2.28. The van der Waals surface area contributed by atoms with Crippen molar-refractivity contribution in [3.05, 3.63) is 48.2 Å². The molecule has 0 spiro atoms. The Morgan fingerprint density at radius 1 is 1.15 bits per heavy atom. The number of carbonyl (C=O) groups is 1. The number of hydrogen-bond acceptors (Lipinski definition) is 5. The van der Waals surface area contributed by atoms with Gasteiger partial charge in [0.15, 0.2) is 0 Å². The molecule has 2 aromatic rings. The zero-order valence-corrected chi connectivity index (χ0v) is 16.2. The molecule has 1 saturated heterocycles. The fraction of sp³-hybridized carbons (Fsp3) is 0.368. The van der Waals surface area contributed by atoms with Crippen molar-refractivity contribution in [1.82, 2.24) is 9.29 Å². The summed E-state index contributed by atoms with van der Waals surface area (Å²) in [7, 11) is -3.19. The molecule has 2 heterocycles. The predicted molar refractivity (Wildman–Crippen MR) is 103 cm³/mol. The number of anilines is 1. The second-order valence-electron chi connectivity index (χ2n) is 6.73. The van der Waals surface area contributed by atoms with Gasteiger partial charge in [-0.2, -0.15) is 0 Å². The molecule has 1 fully saturated rings. The molecular weight excluding hydrogens is 366 g/mol. The second-order valence-corrected chi connectivity index (χ2v) is 8.71. The average molecular weight is 389 g/mol. The van der Waals surface area contributed by atoms with E-state index in [0.29, 0.717) is 43.2 Å². The third kappa shape index (κ3) is 5.27. The second kappa shape index (κ2) is 8.06. The van der Waals surface area contributed by atoms with Gasteiger partial charge in [-0.1, -0.05) is 17.7 Å². The van der Waals surface area contributed by atoms with Crippen LogP contribution in [0.1, 0.15) is 18.4 Å². The quantitative estimate of drug-likeness (QED) is 0.849. The van der Waals surface area contributed by atoms with Crippen LogP contribution in [0.5, 0.6) is 11.6 Å². The Labute approximate surface area is 159 Å². The highest BCUT2D eigenvalue weighted by molar-refractivity contribution is 7.88. The van der Waals surface area contributed by atoms with Gasteiger partial charge in [0.05, 0.1) is 18.1 Å². The lowest BCUT2D eigenvalue weighted by Gasteiger charge is -2.29. The van der Waals surface area contributed by atoms with Gasteiger partial charge in [-0.25, -0.2) is 17.7 Å². The molecule has 1 amide bonds. The average Bonchev–Trinajstić information content (AvgIpc) is 2.64. The Morgan fingerprint density at radius 3 is 2.37 bits per heavy atom. The number of ether oxygens (including phenoxy) is 1. The number of nitrogens with zero attached hydrogens (tertiary/aromatic N) is 2. The van der Waals surface area contributed by atoms with E-state index in [-0.39, 0.29) is 11.8 Å². The van der Waals surface area contributed by atoms with Crippen LogP contribution in [0.4, 0.5) is 5.69 Å². The molecule has 1 aromatic heterocycles. The Hall–Kier alpha value is -2.45. The van der Waals surface area contributed by atoms with Crippen LogP contribution in [-0.2, 0) is 14.8 Å². The Morgan fingerprint density at radius 2 is 1.81 bits per heavy atom. The van der Waals surface area contributed by atoms with E-state index >= 15 is 0 Å². The maximum Gasteiger partial charge on any atom is 0.227 e. The summed E-state index contributed by atoms with van der Waals surface area (Å²) in [6.45, 7) is 2.75. The fourth-order valence-electron chi connectivity index (χ4n) is 2.94. The minimum absolute atomic E-state index is 0.114. The highest BCUT2D eigenvalue weighted by atomic mass is 32.2. The first-order chi connectivity index (χ1) is 12.8. The predicted octanol–water partition coefficient (Wildman–Crippen LogP) is 2.79. The summed E-state index contributed by atoms with van der Waals surface area (Å²) >= 11 is 0. The number of amides is 1. The first-order valence-electron chi connectivity index (χ1n) is 8.78. The summed E-state index contributed by atoms with van der Waals surface area (Å²) in [5.41, 5.74) is 1.73. The van der Waals surface area contributed by atoms with Crippen molar-refractivity contribution in [2.24, 2.45) is 5.92 Å². The zero-order valence-electron chi connectivity index (χ0n) is 15.4. The van der Waals surface area contributed by atoms with Crippen LogP contribution in [0.2, 0.25) is 0 Å². The molecule has 1 N–H and O–H groups in total. The minimum Gasteiger partial charge on any atom is -0.439 e. The maximum absolute atomic E-state index is 12.4. The van der Waals surface area contributed by atoms with Gasteiger partial charge in [0.1, 0.15) is 5.75 Å².